The first-order chi connectivity index (χ1) is 12.8. The number of rotatable bonds is 7. The summed E-state index contributed by atoms with van der Waals surface area (Å²) in [4.78, 5) is 2.23. The van der Waals surface area contributed by atoms with Gasteiger partial charge in [-0.3, -0.25) is 4.90 Å². The quantitative estimate of drug-likeness (QED) is 0.684. The predicted molar refractivity (Wildman–Crippen MR) is 115 cm³/mol. The molecule has 0 bridgehead atoms. The van der Waals surface area contributed by atoms with Gasteiger partial charge in [-0.05, 0) is 69.5 Å². The molecule has 2 nitrogen and oxygen atoms in total. The fraction of sp³-hybridized carbons (Fsp3) is 0.360. The van der Waals surface area contributed by atoms with E-state index in [0.717, 1.165) is 31.5 Å². The lowest BCUT2D eigenvalue weighted by molar-refractivity contribution is 0.360. The number of phenols is 1. The molecule has 2 rings (SSSR count). The van der Waals surface area contributed by atoms with E-state index >= 15 is 0 Å². The van der Waals surface area contributed by atoms with E-state index in [1.807, 2.05) is 18.2 Å². The van der Waals surface area contributed by atoms with Crippen molar-refractivity contribution >= 4 is 0 Å². The van der Waals surface area contributed by atoms with E-state index in [0.29, 0.717) is 5.75 Å². The molecular weight excluding hydrogens is 330 g/mol. The Balaban J connectivity index is 1.98. The highest BCUT2D eigenvalue weighted by atomic mass is 16.3. The summed E-state index contributed by atoms with van der Waals surface area (Å²) in [5.41, 5.74) is 3.55. The van der Waals surface area contributed by atoms with Gasteiger partial charge >= 0.3 is 0 Å². The van der Waals surface area contributed by atoms with Crippen molar-refractivity contribution in [2.45, 2.75) is 40.2 Å². The second-order valence-corrected chi connectivity index (χ2v) is 8.02. The minimum absolute atomic E-state index is 0.0332. The highest BCUT2D eigenvalue weighted by Gasteiger charge is 2.10. The van der Waals surface area contributed by atoms with Crippen LogP contribution in [0.5, 0.6) is 5.75 Å². The van der Waals surface area contributed by atoms with Crippen molar-refractivity contribution < 1.29 is 5.11 Å². The summed E-state index contributed by atoms with van der Waals surface area (Å²) in [5, 5.41) is 10.4. The van der Waals surface area contributed by atoms with Gasteiger partial charge in [-0.1, -0.05) is 60.4 Å². The van der Waals surface area contributed by atoms with E-state index in [9.17, 15) is 5.11 Å². The smallest absolute Gasteiger partial charge is 0.119 e. The number of nitrogens with zero attached hydrogens (tertiary/aromatic N) is 1. The summed E-state index contributed by atoms with van der Waals surface area (Å²) < 4.78 is 0. The Labute approximate surface area is 164 Å². The Morgan fingerprint density at radius 3 is 2.44 bits per heavy atom. The maximum atomic E-state index is 10.4. The molecule has 0 aliphatic heterocycles. The second kappa shape index (κ2) is 10.00. The van der Waals surface area contributed by atoms with Crippen molar-refractivity contribution in [3.63, 3.8) is 0 Å². The molecule has 0 amide bonds. The van der Waals surface area contributed by atoms with Gasteiger partial charge in [0.2, 0.25) is 0 Å². The van der Waals surface area contributed by atoms with Crippen molar-refractivity contribution in [1.82, 2.24) is 4.90 Å². The molecule has 2 heteroatoms. The van der Waals surface area contributed by atoms with E-state index in [1.54, 1.807) is 6.07 Å². The first kappa shape index (κ1) is 20.8. The average molecular weight is 362 g/mol. The van der Waals surface area contributed by atoms with Crippen LogP contribution in [0.4, 0.5) is 0 Å². The fourth-order valence-corrected chi connectivity index (χ4v) is 2.88. The number of aryl methyl sites for hydroxylation is 1. The second-order valence-electron chi connectivity index (χ2n) is 8.02. The van der Waals surface area contributed by atoms with Crippen LogP contribution < -0.4 is 0 Å². The molecule has 0 spiro atoms. The molecule has 1 N–H and O–H groups in total. The van der Waals surface area contributed by atoms with E-state index < -0.39 is 0 Å². The first-order valence-corrected chi connectivity index (χ1v) is 9.55. The van der Waals surface area contributed by atoms with Gasteiger partial charge < -0.3 is 5.11 Å². The normalized spacial score (nSPS) is 11.6. The molecular formula is C25H31NO. The number of likely N-dealkylation sites (N-methyl/N-ethyl adjacent to an activating group) is 1. The molecule has 0 unspecified atom stereocenters. The Morgan fingerprint density at radius 1 is 1.00 bits per heavy atom. The van der Waals surface area contributed by atoms with Gasteiger partial charge in [0, 0.05) is 18.5 Å². The molecule has 0 heterocycles. The SMILES string of the molecule is CN(C/C=C/C#CC(C)(C)C)Cc1cccc(O)c1CCc1ccccc1. The standard InChI is InChI=1S/C25H31NO/c1-25(2,3)18-9-6-10-19-26(4)20-22-14-11-15-24(27)23(22)17-16-21-12-7-5-8-13-21/h5-8,10-15,27H,16-17,19-20H2,1-4H3/b10-6+. The monoisotopic (exact) mass is 361 g/mol. The Kier molecular flexibility index (Phi) is 7.70. The third kappa shape index (κ3) is 7.72. The summed E-state index contributed by atoms with van der Waals surface area (Å²) in [6.45, 7) is 7.96. The molecule has 0 fully saturated rings. The van der Waals surface area contributed by atoms with Gasteiger partial charge in [-0.15, -0.1) is 0 Å². The minimum Gasteiger partial charge on any atom is -0.508 e. The van der Waals surface area contributed by atoms with Crippen molar-refractivity contribution in [2.75, 3.05) is 13.6 Å². The van der Waals surface area contributed by atoms with Crippen molar-refractivity contribution in [1.29, 1.82) is 0 Å². The molecule has 2 aromatic rings. The highest BCUT2D eigenvalue weighted by molar-refractivity contribution is 5.40. The van der Waals surface area contributed by atoms with Gasteiger partial charge in [-0.2, -0.15) is 0 Å². The van der Waals surface area contributed by atoms with Crippen LogP contribution >= 0.6 is 0 Å². The van der Waals surface area contributed by atoms with Gasteiger partial charge in [0.05, 0.1) is 0 Å². The molecule has 0 saturated carbocycles. The number of hydrogen-bond donors (Lipinski definition) is 1. The Morgan fingerprint density at radius 2 is 1.74 bits per heavy atom. The van der Waals surface area contributed by atoms with E-state index in [4.69, 9.17) is 0 Å². The van der Waals surface area contributed by atoms with Crippen molar-refractivity contribution in [3.8, 4) is 17.6 Å². The highest BCUT2D eigenvalue weighted by Crippen LogP contribution is 2.24. The summed E-state index contributed by atoms with van der Waals surface area (Å²) in [6, 6.07) is 16.2. The topological polar surface area (TPSA) is 23.5 Å². The zero-order chi connectivity index (χ0) is 19.7. The van der Waals surface area contributed by atoms with Crippen LogP contribution in [-0.2, 0) is 19.4 Å². The number of allylic oxidation sites excluding steroid dienone is 1. The van der Waals surface area contributed by atoms with Gasteiger partial charge in [0.25, 0.3) is 0 Å². The maximum absolute atomic E-state index is 10.4. The largest absolute Gasteiger partial charge is 0.508 e. The van der Waals surface area contributed by atoms with E-state index in [-0.39, 0.29) is 5.41 Å². The van der Waals surface area contributed by atoms with Crippen LogP contribution in [0.25, 0.3) is 0 Å². The Bertz CT molecular complexity index is 804. The van der Waals surface area contributed by atoms with Crippen molar-refractivity contribution in [2.24, 2.45) is 5.41 Å². The van der Waals surface area contributed by atoms with Crippen LogP contribution in [0.1, 0.15) is 37.5 Å². The third-order valence-electron chi connectivity index (χ3n) is 4.26. The summed E-state index contributed by atoms with van der Waals surface area (Å²) in [6.07, 6.45) is 5.79. The average Bonchev–Trinajstić information content (AvgIpc) is 2.61. The lowest BCUT2D eigenvalue weighted by atomic mass is 9.98. The molecule has 0 radical (unpaired) electrons. The molecule has 0 saturated heterocycles. The maximum Gasteiger partial charge on any atom is 0.119 e. The number of aromatic hydroxyl groups is 1. The first-order valence-electron chi connectivity index (χ1n) is 9.55. The fourth-order valence-electron chi connectivity index (χ4n) is 2.88. The van der Waals surface area contributed by atoms with Crippen LogP contribution in [0.2, 0.25) is 0 Å². The van der Waals surface area contributed by atoms with Gasteiger partial charge in [-0.25, -0.2) is 0 Å². The molecule has 0 atom stereocenters. The molecule has 0 aliphatic rings. The molecule has 2 aromatic carbocycles. The lowest BCUT2D eigenvalue weighted by Crippen LogP contribution is -2.18. The van der Waals surface area contributed by atoms with Crippen LogP contribution in [0, 0.1) is 17.3 Å². The van der Waals surface area contributed by atoms with Crippen LogP contribution in [0.3, 0.4) is 0 Å². The summed E-state index contributed by atoms with van der Waals surface area (Å²) in [7, 11) is 2.09. The van der Waals surface area contributed by atoms with Crippen LogP contribution in [-0.4, -0.2) is 23.6 Å². The predicted octanol–water partition coefficient (Wildman–Crippen LogP) is 5.21. The zero-order valence-corrected chi connectivity index (χ0v) is 17.0. The lowest BCUT2D eigenvalue weighted by Gasteiger charge is -2.18. The molecule has 0 aromatic heterocycles. The number of benzene rings is 2. The zero-order valence-electron chi connectivity index (χ0n) is 17.0. The van der Waals surface area contributed by atoms with Crippen LogP contribution in [0.15, 0.2) is 60.7 Å². The molecule has 0 aliphatic carbocycles. The number of phenolic OH excluding ortho intramolecular Hbond substituents is 1. The van der Waals surface area contributed by atoms with Gasteiger partial charge in [0.15, 0.2) is 0 Å². The molecule has 27 heavy (non-hydrogen) atoms. The Hall–Kier alpha value is -2.50. The van der Waals surface area contributed by atoms with E-state index in [2.05, 4.69) is 81.0 Å². The summed E-state index contributed by atoms with van der Waals surface area (Å²) >= 11 is 0. The van der Waals surface area contributed by atoms with E-state index in [1.165, 1.54) is 11.1 Å². The number of hydrogen-bond acceptors (Lipinski definition) is 2. The molecule has 142 valence electrons. The minimum atomic E-state index is 0.0332. The summed E-state index contributed by atoms with van der Waals surface area (Å²) in [5.74, 6) is 6.70. The third-order valence-corrected chi connectivity index (χ3v) is 4.26. The van der Waals surface area contributed by atoms with Gasteiger partial charge in [0.1, 0.15) is 5.75 Å². The van der Waals surface area contributed by atoms with Crippen molar-refractivity contribution in [3.05, 3.63) is 77.4 Å².